The first kappa shape index (κ1) is 13.8. The van der Waals surface area contributed by atoms with E-state index in [1.54, 1.807) is 0 Å². The van der Waals surface area contributed by atoms with Gasteiger partial charge in [0.1, 0.15) is 6.07 Å². The van der Waals surface area contributed by atoms with Crippen molar-refractivity contribution in [2.45, 2.75) is 12.6 Å². The molecule has 1 N–H and O–H groups in total. The normalized spacial score (nSPS) is 11.4. The van der Waals surface area contributed by atoms with E-state index in [1.807, 2.05) is 0 Å². The zero-order valence-electron chi connectivity index (χ0n) is 8.29. The summed E-state index contributed by atoms with van der Waals surface area (Å²) in [5, 5.41) is 17.0. The third-order valence-electron chi connectivity index (χ3n) is 1.90. The van der Waals surface area contributed by atoms with E-state index in [4.69, 9.17) is 10.4 Å². The van der Waals surface area contributed by atoms with E-state index in [1.165, 1.54) is 0 Å². The van der Waals surface area contributed by atoms with Gasteiger partial charge in [0.15, 0.2) is 11.4 Å². The van der Waals surface area contributed by atoms with Crippen molar-refractivity contribution >= 4 is 5.97 Å². The predicted molar refractivity (Wildman–Crippen MR) is 45.9 cm³/mol. The number of carbonyl (C=O) groups is 1. The van der Waals surface area contributed by atoms with Gasteiger partial charge in [0, 0.05) is 0 Å². The van der Waals surface area contributed by atoms with Crippen LogP contribution in [0.25, 0.3) is 0 Å². The van der Waals surface area contributed by atoms with Gasteiger partial charge >= 0.3 is 12.1 Å². The Kier molecular flexibility index (Phi) is 3.50. The van der Waals surface area contributed by atoms with Crippen molar-refractivity contribution in [2.24, 2.45) is 0 Å². The third-order valence-corrected chi connectivity index (χ3v) is 1.90. The lowest BCUT2D eigenvalue weighted by molar-refractivity contribution is -0.138. The largest absolute Gasteiger partial charge is 0.476 e. The van der Waals surface area contributed by atoms with Gasteiger partial charge < -0.3 is 5.11 Å². The first-order chi connectivity index (χ1) is 8.18. The molecule has 0 fully saturated rings. The Bertz CT molecular complexity index is 533. The second-order valence-electron chi connectivity index (χ2n) is 3.04. The number of aromatic carboxylic acids is 1. The Balaban J connectivity index is 3.64. The second kappa shape index (κ2) is 4.56. The summed E-state index contributed by atoms with van der Waals surface area (Å²) in [6.07, 6.45) is -8.52. The molecule has 18 heavy (non-hydrogen) atoms. The number of carboxylic acids is 1. The van der Waals surface area contributed by atoms with Gasteiger partial charge in [-0.05, 0) is 6.07 Å². The van der Waals surface area contributed by atoms with Crippen LogP contribution in [-0.2, 0) is 6.18 Å². The van der Waals surface area contributed by atoms with E-state index in [-0.39, 0.29) is 6.07 Å². The van der Waals surface area contributed by atoms with Crippen LogP contribution in [0.3, 0.4) is 0 Å². The fraction of sp³-hybridized carbons (Fsp3) is 0.222. The van der Waals surface area contributed by atoms with Gasteiger partial charge in [-0.25, -0.2) is 18.6 Å². The topological polar surface area (TPSA) is 74.0 Å². The number of aromatic nitrogens is 1. The van der Waals surface area contributed by atoms with E-state index in [0.29, 0.717) is 0 Å². The van der Waals surface area contributed by atoms with Gasteiger partial charge in [-0.15, -0.1) is 0 Å². The number of alkyl halides is 5. The number of nitrogens with zero attached hydrogens (tertiary/aromatic N) is 2. The molecule has 0 aliphatic carbocycles. The standard InChI is InChI=1S/C9H3F5N2O2/c10-7(11)3-1-4(9(12,13)14)5(2-15)16-6(3)8(17)18/h1,7H,(H,17,18). The van der Waals surface area contributed by atoms with Gasteiger partial charge in [-0.2, -0.15) is 18.4 Å². The van der Waals surface area contributed by atoms with Crippen LogP contribution in [-0.4, -0.2) is 16.1 Å². The van der Waals surface area contributed by atoms with E-state index >= 15 is 0 Å². The van der Waals surface area contributed by atoms with Gasteiger partial charge in [0.2, 0.25) is 0 Å². The highest BCUT2D eigenvalue weighted by atomic mass is 19.4. The maximum atomic E-state index is 12.4. The minimum absolute atomic E-state index is 0.0698. The summed E-state index contributed by atoms with van der Waals surface area (Å²) in [5.41, 5.74) is -5.60. The minimum atomic E-state index is -5.07. The molecule has 1 heterocycles. The Morgan fingerprint density at radius 1 is 1.44 bits per heavy atom. The summed E-state index contributed by atoms with van der Waals surface area (Å²) >= 11 is 0. The van der Waals surface area contributed by atoms with E-state index < -0.39 is 41.1 Å². The number of nitriles is 1. The molecule has 4 nitrogen and oxygen atoms in total. The monoisotopic (exact) mass is 266 g/mol. The highest BCUT2D eigenvalue weighted by molar-refractivity contribution is 5.87. The molecule has 96 valence electrons. The fourth-order valence-corrected chi connectivity index (χ4v) is 1.17. The highest BCUT2D eigenvalue weighted by Crippen LogP contribution is 2.34. The summed E-state index contributed by atoms with van der Waals surface area (Å²) in [7, 11) is 0. The Labute approximate surface area is 96.3 Å². The van der Waals surface area contributed by atoms with Crippen LogP contribution in [0.15, 0.2) is 6.07 Å². The minimum Gasteiger partial charge on any atom is -0.476 e. The van der Waals surface area contributed by atoms with Crippen molar-refractivity contribution in [3.05, 3.63) is 28.6 Å². The molecule has 0 atom stereocenters. The van der Waals surface area contributed by atoms with Crippen molar-refractivity contribution in [2.75, 3.05) is 0 Å². The summed E-state index contributed by atoms with van der Waals surface area (Å²) in [4.78, 5) is 13.4. The van der Waals surface area contributed by atoms with Crippen molar-refractivity contribution in [1.29, 1.82) is 5.26 Å². The molecule has 0 radical (unpaired) electrons. The molecule has 1 rings (SSSR count). The maximum absolute atomic E-state index is 12.4. The molecule has 1 aromatic heterocycles. The number of halogens is 5. The Hall–Kier alpha value is -2.24. The third kappa shape index (κ3) is 2.53. The molecule has 0 aliphatic rings. The Morgan fingerprint density at radius 2 is 2.00 bits per heavy atom. The molecule has 0 aromatic carbocycles. The molecular formula is C9H3F5N2O2. The zero-order chi connectivity index (χ0) is 14.1. The van der Waals surface area contributed by atoms with Gasteiger partial charge in [0.05, 0.1) is 11.1 Å². The second-order valence-corrected chi connectivity index (χ2v) is 3.04. The van der Waals surface area contributed by atoms with Crippen molar-refractivity contribution in [3.8, 4) is 6.07 Å². The molecule has 0 amide bonds. The van der Waals surface area contributed by atoms with Gasteiger partial charge in [-0.1, -0.05) is 0 Å². The average molecular weight is 266 g/mol. The number of pyridine rings is 1. The quantitative estimate of drug-likeness (QED) is 0.835. The van der Waals surface area contributed by atoms with Crippen LogP contribution in [0.4, 0.5) is 22.0 Å². The summed E-state index contributed by atoms with van der Waals surface area (Å²) in [6, 6.07) is 0.954. The number of rotatable bonds is 2. The maximum Gasteiger partial charge on any atom is 0.419 e. The lowest BCUT2D eigenvalue weighted by Crippen LogP contribution is -2.15. The van der Waals surface area contributed by atoms with Gasteiger partial charge in [0.25, 0.3) is 6.43 Å². The molecule has 0 unspecified atom stereocenters. The molecule has 1 aromatic rings. The SMILES string of the molecule is N#Cc1nc(C(=O)O)c(C(F)F)cc1C(F)(F)F. The van der Waals surface area contributed by atoms with Crippen molar-refractivity contribution in [1.82, 2.24) is 4.98 Å². The van der Waals surface area contributed by atoms with Crippen LogP contribution in [0.2, 0.25) is 0 Å². The van der Waals surface area contributed by atoms with E-state index in [9.17, 15) is 26.7 Å². The molecular weight excluding hydrogens is 263 g/mol. The average Bonchev–Trinajstić information content (AvgIpc) is 2.25. The lowest BCUT2D eigenvalue weighted by Gasteiger charge is -2.11. The van der Waals surface area contributed by atoms with Crippen LogP contribution in [0, 0.1) is 11.3 Å². The molecule has 0 spiro atoms. The fourth-order valence-electron chi connectivity index (χ4n) is 1.17. The van der Waals surface area contributed by atoms with E-state index in [2.05, 4.69) is 4.98 Å². The number of hydrogen-bond donors (Lipinski definition) is 1. The van der Waals surface area contributed by atoms with Crippen LogP contribution in [0.5, 0.6) is 0 Å². The number of hydrogen-bond acceptors (Lipinski definition) is 3. The highest BCUT2D eigenvalue weighted by Gasteiger charge is 2.37. The van der Waals surface area contributed by atoms with E-state index in [0.717, 1.165) is 6.07 Å². The van der Waals surface area contributed by atoms with Crippen LogP contribution >= 0.6 is 0 Å². The summed E-state index contributed by atoms with van der Waals surface area (Å²) in [5.74, 6) is -1.93. The first-order valence-corrected chi connectivity index (χ1v) is 4.22. The van der Waals surface area contributed by atoms with Gasteiger partial charge in [-0.3, -0.25) is 0 Å². The molecule has 0 saturated heterocycles. The molecule has 0 saturated carbocycles. The predicted octanol–water partition coefficient (Wildman–Crippen LogP) is 2.61. The summed E-state index contributed by atoms with van der Waals surface area (Å²) < 4.78 is 62.2. The smallest absolute Gasteiger partial charge is 0.419 e. The molecule has 9 heteroatoms. The van der Waals surface area contributed by atoms with Crippen LogP contribution in [0.1, 0.15) is 33.7 Å². The van der Waals surface area contributed by atoms with Crippen LogP contribution < -0.4 is 0 Å². The molecule has 0 aliphatic heterocycles. The van der Waals surface area contributed by atoms with Crippen molar-refractivity contribution < 1.29 is 31.9 Å². The lowest BCUT2D eigenvalue weighted by atomic mass is 10.1. The summed E-state index contributed by atoms with van der Waals surface area (Å²) in [6.45, 7) is 0. The Morgan fingerprint density at radius 3 is 2.33 bits per heavy atom. The molecule has 0 bridgehead atoms. The number of carboxylic acid groups (broad SMARTS) is 1. The zero-order valence-corrected chi connectivity index (χ0v) is 8.29. The first-order valence-electron chi connectivity index (χ1n) is 4.22. The van der Waals surface area contributed by atoms with Crippen molar-refractivity contribution in [3.63, 3.8) is 0 Å².